The van der Waals surface area contributed by atoms with Crippen LogP contribution in [-0.2, 0) is 4.74 Å². The second-order valence-corrected chi connectivity index (χ2v) is 5.72. The van der Waals surface area contributed by atoms with Gasteiger partial charge < -0.3 is 14.6 Å². The molecule has 5 heteroatoms. The zero-order valence-corrected chi connectivity index (χ0v) is 12.5. The van der Waals surface area contributed by atoms with Crippen LogP contribution in [0.3, 0.4) is 0 Å². The summed E-state index contributed by atoms with van der Waals surface area (Å²) in [7, 11) is 0. The molecular weight excluding hydrogens is 280 g/mol. The topological polar surface area (TPSA) is 60.3 Å². The van der Waals surface area contributed by atoms with E-state index in [1.807, 2.05) is 0 Å². The third kappa shape index (κ3) is 3.58. The zero-order chi connectivity index (χ0) is 15.4. The number of hydrogen-bond donors (Lipinski definition) is 1. The molecule has 1 amide bonds. The van der Waals surface area contributed by atoms with Crippen molar-refractivity contribution in [1.82, 2.24) is 9.88 Å². The van der Waals surface area contributed by atoms with Gasteiger partial charge in [-0.15, -0.1) is 0 Å². The Hall–Kier alpha value is -2.06. The van der Waals surface area contributed by atoms with Crippen LogP contribution in [0.25, 0.3) is 0 Å². The molecule has 1 saturated heterocycles. The molecule has 116 valence electrons. The number of hydrogen-bond acceptors (Lipinski definition) is 3. The molecule has 2 aliphatic rings. The lowest BCUT2D eigenvalue weighted by molar-refractivity contribution is 0.0525. The van der Waals surface area contributed by atoms with Crippen LogP contribution in [0.5, 0.6) is 0 Å². The molecule has 1 N–H and O–H groups in total. The summed E-state index contributed by atoms with van der Waals surface area (Å²) in [5, 5.41) is 2.68. The fourth-order valence-electron chi connectivity index (χ4n) is 2.56. The summed E-state index contributed by atoms with van der Waals surface area (Å²) in [5.41, 5.74) is -0.0313. The molecular formula is C17H20N2O3. The van der Waals surface area contributed by atoms with Crippen LogP contribution in [-0.4, -0.2) is 29.7 Å². The quantitative estimate of drug-likeness (QED) is 0.860. The van der Waals surface area contributed by atoms with E-state index in [1.165, 1.54) is 0 Å². The Labute approximate surface area is 129 Å². The lowest BCUT2D eigenvalue weighted by atomic mass is 10.1. The minimum Gasteiger partial charge on any atom is -0.366 e. The summed E-state index contributed by atoms with van der Waals surface area (Å²) in [6, 6.07) is 3.58. The number of ether oxygens (including phenoxy) is 1. The smallest absolute Gasteiger partial charge is 0.263 e. The van der Waals surface area contributed by atoms with E-state index in [1.54, 1.807) is 22.9 Å². The molecule has 5 nitrogen and oxygen atoms in total. The van der Waals surface area contributed by atoms with Gasteiger partial charge in [0.15, 0.2) is 0 Å². The Morgan fingerprint density at radius 2 is 2.23 bits per heavy atom. The largest absolute Gasteiger partial charge is 0.366 e. The first-order valence-corrected chi connectivity index (χ1v) is 7.85. The molecule has 1 aliphatic heterocycles. The number of amides is 1. The molecule has 22 heavy (non-hydrogen) atoms. The van der Waals surface area contributed by atoms with Crippen molar-refractivity contribution < 1.29 is 9.53 Å². The van der Waals surface area contributed by atoms with E-state index in [-0.39, 0.29) is 35.7 Å². The first-order valence-electron chi connectivity index (χ1n) is 7.85. The van der Waals surface area contributed by atoms with Gasteiger partial charge in [-0.25, -0.2) is 0 Å². The molecule has 0 spiro atoms. The van der Waals surface area contributed by atoms with E-state index in [2.05, 4.69) is 17.2 Å². The maximum Gasteiger partial charge on any atom is 0.263 e. The van der Waals surface area contributed by atoms with Crippen LogP contribution < -0.4 is 10.9 Å². The van der Waals surface area contributed by atoms with Crippen molar-refractivity contribution in [2.45, 2.75) is 44.2 Å². The molecule has 0 bridgehead atoms. The molecule has 1 atom stereocenters. The number of nitrogens with one attached hydrogen (secondary N) is 1. The summed E-state index contributed by atoms with van der Waals surface area (Å²) in [6.45, 7) is 0.993. The predicted molar refractivity (Wildman–Crippen MR) is 82.7 cm³/mol. The van der Waals surface area contributed by atoms with Crippen molar-refractivity contribution in [2.24, 2.45) is 0 Å². The maximum atomic E-state index is 12.2. The standard InChI is InChI=1S/C17H20N2O3/c20-16(18-10-3-6-14-5-1-2-12-22-14)15-7-4-11-19(17(15)21)13-8-9-13/h4,7,11,13-14H,1-2,5,8-10,12H2,(H,18,20)/t14-/m0/s1. The monoisotopic (exact) mass is 300 g/mol. The Kier molecular flexibility index (Phi) is 4.59. The van der Waals surface area contributed by atoms with Crippen molar-refractivity contribution in [3.8, 4) is 11.8 Å². The number of carbonyl (C=O) groups excluding carboxylic acids is 1. The van der Waals surface area contributed by atoms with E-state index in [0.717, 1.165) is 38.7 Å². The lowest BCUT2D eigenvalue weighted by Crippen LogP contribution is -2.32. The van der Waals surface area contributed by atoms with E-state index >= 15 is 0 Å². The van der Waals surface area contributed by atoms with Crippen LogP contribution in [0, 0.1) is 11.8 Å². The molecule has 2 heterocycles. The fraction of sp³-hybridized carbons (Fsp3) is 0.529. The maximum absolute atomic E-state index is 12.2. The van der Waals surface area contributed by atoms with Crippen LogP contribution >= 0.6 is 0 Å². The Bertz CT molecular complexity index is 658. The van der Waals surface area contributed by atoms with Gasteiger partial charge >= 0.3 is 0 Å². The van der Waals surface area contributed by atoms with Gasteiger partial charge in [0.1, 0.15) is 11.7 Å². The molecule has 1 aromatic rings. The van der Waals surface area contributed by atoms with E-state index in [0.29, 0.717) is 0 Å². The van der Waals surface area contributed by atoms with Crippen molar-refractivity contribution in [3.63, 3.8) is 0 Å². The molecule has 0 aromatic carbocycles. The minimum absolute atomic E-state index is 0.0190. The summed E-state index contributed by atoms with van der Waals surface area (Å²) < 4.78 is 7.15. The Morgan fingerprint density at radius 1 is 1.36 bits per heavy atom. The lowest BCUT2D eigenvalue weighted by Gasteiger charge is -2.17. The summed E-state index contributed by atoms with van der Waals surface area (Å²) in [6.07, 6.45) is 6.93. The molecule has 0 unspecified atom stereocenters. The SMILES string of the molecule is O=C(NCC#C[C@@H]1CCCCO1)c1cccn(C2CC2)c1=O. The van der Waals surface area contributed by atoms with Gasteiger partial charge in [0.05, 0.1) is 6.54 Å². The molecule has 1 aliphatic carbocycles. The van der Waals surface area contributed by atoms with Gasteiger partial charge in [0, 0.05) is 18.8 Å². The summed E-state index contributed by atoms with van der Waals surface area (Å²) in [4.78, 5) is 24.3. The second kappa shape index (κ2) is 6.80. The van der Waals surface area contributed by atoms with Gasteiger partial charge in [-0.05, 0) is 44.2 Å². The predicted octanol–water partition coefficient (Wildman–Crippen LogP) is 1.49. The Balaban J connectivity index is 1.57. The number of carbonyl (C=O) groups is 1. The number of pyridine rings is 1. The molecule has 0 radical (unpaired) electrons. The summed E-state index contributed by atoms with van der Waals surface area (Å²) >= 11 is 0. The number of nitrogens with zero attached hydrogens (tertiary/aromatic N) is 1. The van der Waals surface area contributed by atoms with Crippen LogP contribution in [0.4, 0.5) is 0 Å². The highest BCUT2D eigenvalue weighted by Gasteiger charge is 2.25. The van der Waals surface area contributed by atoms with Gasteiger partial charge in [-0.2, -0.15) is 0 Å². The third-order valence-electron chi connectivity index (χ3n) is 3.94. The van der Waals surface area contributed by atoms with E-state index < -0.39 is 0 Å². The molecule has 2 fully saturated rings. The highest BCUT2D eigenvalue weighted by Crippen LogP contribution is 2.33. The van der Waals surface area contributed by atoms with Crippen LogP contribution in [0.2, 0.25) is 0 Å². The normalized spacial score (nSPS) is 20.8. The van der Waals surface area contributed by atoms with E-state index in [4.69, 9.17) is 4.74 Å². The van der Waals surface area contributed by atoms with Gasteiger partial charge in [0.2, 0.25) is 0 Å². The average Bonchev–Trinajstić information content (AvgIpc) is 3.37. The van der Waals surface area contributed by atoms with Crippen LogP contribution in [0.15, 0.2) is 23.1 Å². The van der Waals surface area contributed by atoms with Gasteiger partial charge in [0.25, 0.3) is 11.5 Å². The van der Waals surface area contributed by atoms with Crippen molar-refractivity contribution in [3.05, 3.63) is 34.2 Å². The highest BCUT2D eigenvalue weighted by atomic mass is 16.5. The molecule has 1 saturated carbocycles. The summed E-state index contributed by atoms with van der Waals surface area (Å²) in [5.74, 6) is 5.56. The Morgan fingerprint density at radius 3 is 2.95 bits per heavy atom. The van der Waals surface area contributed by atoms with Crippen molar-refractivity contribution >= 4 is 5.91 Å². The van der Waals surface area contributed by atoms with Crippen LogP contribution in [0.1, 0.15) is 48.5 Å². The van der Waals surface area contributed by atoms with Gasteiger partial charge in [-0.3, -0.25) is 9.59 Å². The number of aromatic nitrogens is 1. The fourth-order valence-corrected chi connectivity index (χ4v) is 2.56. The zero-order valence-electron chi connectivity index (χ0n) is 12.5. The van der Waals surface area contributed by atoms with E-state index in [9.17, 15) is 9.59 Å². The average molecular weight is 300 g/mol. The second-order valence-electron chi connectivity index (χ2n) is 5.72. The van der Waals surface area contributed by atoms with Crippen molar-refractivity contribution in [2.75, 3.05) is 13.2 Å². The first-order chi connectivity index (χ1) is 10.8. The highest BCUT2D eigenvalue weighted by molar-refractivity contribution is 5.93. The van der Waals surface area contributed by atoms with Gasteiger partial charge in [-0.1, -0.05) is 11.8 Å². The minimum atomic E-state index is -0.362. The molecule has 3 rings (SSSR count). The molecule has 1 aromatic heterocycles. The number of rotatable bonds is 3. The first kappa shape index (κ1) is 14.9. The van der Waals surface area contributed by atoms with Crippen molar-refractivity contribution in [1.29, 1.82) is 0 Å². The third-order valence-corrected chi connectivity index (χ3v) is 3.94.